The van der Waals surface area contributed by atoms with Crippen molar-refractivity contribution in [1.29, 1.82) is 5.26 Å². The fourth-order valence-corrected chi connectivity index (χ4v) is 4.53. The van der Waals surface area contributed by atoms with Crippen LogP contribution in [0.5, 0.6) is 0 Å². The van der Waals surface area contributed by atoms with Crippen molar-refractivity contribution in [2.45, 2.75) is 36.1 Å². The molecule has 1 aromatic rings. The molecule has 1 unspecified atom stereocenters. The van der Waals surface area contributed by atoms with Gasteiger partial charge in [-0.05, 0) is 25.5 Å². The molecule has 2 amide bonds. The summed E-state index contributed by atoms with van der Waals surface area (Å²) in [5, 5.41) is 9.80. The smallest absolute Gasteiger partial charge is 0.260 e. The number of aromatic nitrogens is 1. The minimum absolute atomic E-state index is 0.137. The molecule has 0 aromatic carbocycles. The number of fused-ring (bicyclic) bond motifs is 1. The summed E-state index contributed by atoms with van der Waals surface area (Å²) >= 11 is 8.99. The Morgan fingerprint density at radius 2 is 2.00 bits per heavy atom. The van der Waals surface area contributed by atoms with Gasteiger partial charge in [0.05, 0.1) is 17.5 Å². The van der Waals surface area contributed by atoms with Crippen LogP contribution < -0.4 is 0 Å². The molecule has 8 heteroatoms. The molecule has 6 nitrogen and oxygen atoms in total. The van der Waals surface area contributed by atoms with Crippen LogP contribution in [0.15, 0.2) is 24.5 Å². The van der Waals surface area contributed by atoms with Crippen LogP contribution >= 0.6 is 25.3 Å². The highest BCUT2D eigenvalue weighted by atomic mass is 32.1. The van der Waals surface area contributed by atoms with Gasteiger partial charge < -0.3 is 9.80 Å². The summed E-state index contributed by atoms with van der Waals surface area (Å²) < 4.78 is 0. The molecule has 3 heterocycles. The second kappa shape index (κ2) is 5.14. The quantitative estimate of drug-likeness (QED) is 0.745. The van der Waals surface area contributed by atoms with E-state index in [1.165, 1.54) is 16.8 Å². The normalized spacial score (nSPS) is 38.9. The number of carbonyl (C=O) groups excluding carboxylic acids is 2. The first-order chi connectivity index (χ1) is 11.1. The molecule has 24 heavy (non-hydrogen) atoms. The predicted octanol–water partition coefficient (Wildman–Crippen LogP) is 1.63. The van der Waals surface area contributed by atoms with Crippen LogP contribution in [0.2, 0.25) is 0 Å². The minimum Gasteiger partial charge on any atom is -0.320 e. The molecular formula is C16H18N4O2S2. The maximum Gasteiger partial charge on any atom is 0.260 e. The largest absolute Gasteiger partial charge is 0.320 e. The molecule has 126 valence electrons. The van der Waals surface area contributed by atoms with E-state index in [0.717, 1.165) is 0 Å². The Bertz CT molecular complexity index is 763. The van der Waals surface area contributed by atoms with Crippen molar-refractivity contribution in [3.05, 3.63) is 30.1 Å². The van der Waals surface area contributed by atoms with Crippen LogP contribution in [0.3, 0.4) is 0 Å². The van der Waals surface area contributed by atoms with Crippen molar-refractivity contribution in [2.24, 2.45) is 5.41 Å². The third-order valence-corrected chi connectivity index (χ3v) is 6.11. The fourth-order valence-electron chi connectivity index (χ4n) is 3.65. The number of pyridine rings is 1. The first-order valence-electron chi connectivity index (χ1n) is 7.47. The zero-order chi connectivity index (χ0) is 17.9. The highest BCUT2D eigenvalue weighted by molar-refractivity contribution is 7.83. The zero-order valence-electron chi connectivity index (χ0n) is 13.6. The standard InChI is InChI=1S/C16H18N4O2S2/c1-14(9-17)8-16(24)13(22)19(3)15(2,23)12(21)20(16)11(14)10-5-4-6-18-7-10/h4-7,11,23-24H,8H2,1-3H3/t11?,14-,15-,16+/m1/s1. The summed E-state index contributed by atoms with van der Waals surface area (Å²) in [6.45, 7) is 3.32. The third-order valence-electron chi connectivity index (χ3n) is 5.05. The van der Waals surface area contributed by atoms with Gasteiger partial charge in [0.15, 0.2) is 9.74 Å². The van der Waals surface area contributed by atoms with Gasteiger partial charge in [-0.3, -0.25) is 14.6 Å². The van der Waals surface area contributed by atoms with Crippen molar-refractivity contribution >= 4 is 37.1 Å². The first kappa shape index (κ1) is 17.1. The summed E-state index contributed by atoms with van der Waals surface area (Å²) in [6.07, 6.45) is 3.37. The molecule has 2 fully saturated rings. The molecular weight excluding hydrogens is 344 g/mol. The van der Waals surface area contributed by atoms with E-state index in [1.54, 1.807) is 38.4 Å². The Kier molecular flexibility index (Phi) is 3.66. The molecule has 0 aliphatic carbocycles. The number of thiol groups is 2. The molecule has 1 aromatic heterocycles. The summed E-state index contributed by atoms with van der Waals surface area (Å²) in [5.74, 6) is -0.688. The van der Waals surface area contributed by atoms with Crippen molar-refractivity contribution in [2.75, 3.05) is 7.05 Å². The average molecular weight is 362 g/mol. The molecule has 0 N–H and O–H groups in total. The number of hydrogen-bond donors (Lipinski definition) is 2. The summed E-state index contributed by atoms with van der Waals surface area (Å²) in [6, 6.07) is 5.22. The number of amides is 2. The Balaban J connectivity index is 2.24. The summed E-state index contributed by atoms with van der Waals surface area (Å²) in [7, 11) is 1.53. The lowest BCUT2D eigenvalue weighted by atomic mass is 9.80. The van der Waals surface area contributed by atoms with E-state index in [2.05, 4.69) is 36.3 Å². The van der Waals surface area contributed by atoms with Gasteiger partial charge in [0.1, 0.15) is 0 Å². The van der Waals surface area contributed by atoms with Gasteiger partial charge in [0.2, 0.25) is 0 Å². The second-order valence-electron chi connectivity index (χ2n) is 6.77. The first-order valence-corrected chi connectivity index (χ1v) is 8.37. The number of nitriles is 1. The Hall–Kier alpha value is -1.72. The van der Waals surface area contributed by atoms with Crippen molar-refractivity contribution < 1.29 is 9.59 Å². The SMILES string of the molecule is CN1C(=O)[C@@]2(S)C[C@](C)(C#N)C(c3cccnc3)N2C(=O)[C@@]1(C)S. The second-order valence-corrected chi connectivity index (χ2v) is 8.38. The van der Waals surface area contributed by atoms with E-state index < -0.39 is 21.2 Å². The molecule has 0 spiro atoms. The van der Waals surface area contributed by atoms with Gasteiger partial charge in [-0.25, -0.2) is 0 Å². The maximum absolute atomic E-state index is 13.2. The molecule has 0 bridgehead atoms. The van der Waals surface area contributed by atoms with E-state index in [0.29, 0.717) is 5.56 Å². The Labute approximate surface area is 151 Å². The predicted molar refractivity (Wildman–Crippen MR) is 94.0 cm³/mol. The summed E-state index contributed by atoms with van der Waals surface area (Å²) in [5.41, 5.74) is -0.266. The van der Waals surface area contributed by atoms with Crippen LogP contribution in [-0.2, 0) is 9.59 Å². The number of rotatable bonds is 1. The number of likely N-dealkylation sites (N-methyl/N-ethyl adjacent to an activating group) is 1. The van der Waals surface area contributed by atoms with Gasteiger partial charge >= 0.3 is 0 Å². The summed E-state index contributed by atoms with van der Waals surface area (Å²) in [4.78, 5) is 30.2. The topological polar surface area (TPSA) is 77.3 Å². The molecule has 2 aliphatic rings. The van der Waals surface area contributed by atoms with E-state index in [-0.39, 0.29) is 18.2 Å². The lowest BCUT2D eigenvalue weighted by molar-refractivity contribution is -0.163. The Morgan fingerprint density at radius 3 is 2.54 bits per heavy atom. The monoisotopic (exact) mass is 362 g/mol. The van der Waals surface area contributed by atoms with E-state index >= 15 is 0 Å². The average Bonchev–Trinajstić information content (AvgIpc) is 2.81. The van der Waals surface area contributed by atoms with Gasteiger partial charge in [-0.15, -0.1) is 25.3 Å². The molecule has 0 radical (unpaired) electrons. The third kappa shape index (κ3) is 2.01. The number of piperazine rings is 1. The molecule has 0 saturated carbocycles. The van der Waals surface area contributed by atoms with Gasteiger partial charge in [-0.2, -0.15) is 5.26 Å². The molecule has 3 rings (SSSR count). The minimum atomic E-state index is -1.38. The zero-order valence-corrected chi connectivity index (χ0v) is 15.4. The number of carbonyl (C=O) groups is 2. The molecule has 4 atom stereocenters. The molecule has 2 aliphatic heterocycles. The fraction of sp³-hybridized carbons (Fsp3) is 0.500. The van der Waals surface area contributed by atoms with Gasteiger partial charge in [0.25, 0.3) is 11.8 Å². The lowest BCUT2D eigenvalue weighted by Crippen LogP contribution is -2.69. The van der Waals surface area contributed by atoms with Crippen LogP contribution in [0.4, 0.5) is 0 Å². The van der Waals surface area contributed by atoms with Crippen LogP contribution in [0.1, 0.15) is 31.9 Å². The van der Waals surface area contributed by atoms with Crippen molar-refractivity contribution in [1.82, 2.24) is 14.8 Å². The number of hydrogen-bond acceptors (Lipinski definition) is 6. The Morgan fingerprint density at radius 1 is 1.33 bits per heavy atom. The maximum atomic E-state index is 13.2. The van der Waals surface area contributed by atoms with Crippen molar-refractivity contribution in [3.63, 3.8) is 0 Å². The van der Waals surface area contributed by atoms with Crippen LogP contribution in [0, 0.1) is 16.7 Å². The van der Waals surface area contributed by atoms with Crippen LogP contribution in [0.25, 0.3) is 0 Å². The number of nitrogens with zero attached hydrogens (tertiary/aromatic N) is 4. The van der Waals surface area contributed by atoms with Gasteiger partial charge in [-0.1, -0.05) is 6.07 Å². The highest BCUT2D eigenvalue weighted by Gasteiger charge is 2.68. The van der Waals surface area contributed by atoms with Crippen molar-refractivity contribution in [3.8, 4) is 6.07 Å². The van der Waals surface area contributed by atoms with E-state index in [4.69, 9.17) is 0 Å². The lowest BCUT2D eigenvalue weighted by Gasteiger charge is -2.50. The van der Waals surface area contributed by atoms with E-state index in [1.807, 2.05) is 0 Å². The molecule has 2 saturated heterocycles. The van der Waals surface area contributed by atoms with Gasteiger partial charge in [0, 0.05) is 25.9 Å². The van der Waals surface area contributed by atoms with E-state index in [9.17, 15) is 14.9 Å². The van der Waals surface area contributed by atoms with Crippen LogP contribution in [-0.4, -0.2) is 43.4 Å². The highest BCUT2D eigenvalue weighted by Crippen LogP contribution is 2.59.